The van der Waals surface area contributed by atoms with E-state index in [4.69, 9.17) is 4.74 Å². The van der Waals surface area contributed by atoms with Gasteiger partial charge in [0.25, 0.3) is 0 Å². The largest absolute Gasteiger partial charge is 0.491 e. The first-order valence-electron chi connectivity index (χ1n) is 10.5. The molecule has 0 amide bonds. The van der Waals surface area contributed by atoms with Gasteiger partial charge in [0.2, 0.25) is 0 Å². The lowest BCUT2D eigenvalue weighted by atomic mass is 9.94. The van der Waals surface area contributed by atoms with E-state index < -0.39 is 6.10 Å². The molecule has 154 valence electrons. The molecule has 6 heteroatoms. The van der Waals surface area contributed by atoms with E-state index in [9.17, 15) is 5.11 Å². The van der Waals surface area contributed by atoms with Gasteiger partial charge in [0, 0.05) is 49.6 Å². The zero-order valence-electron chi connectivity index (χ0n) is 16.9. The zero-order valence-corrected chi connectivity index (χ0v) is 16.9. The van der Waals surface area contributed by atoms with Gasteiger partial charge in [-0.25, -0.2) is 4.98 Å². The summed E-state index contributed by atoms with van der Waals surface area (Å²) in [6.07, 6.45) is 10.4. The molecule has 1 aromatic heterocycles. The molecule has 0 aliphatic heterocycles. The minimum Gasteiger partial charge on any atom is -0.491 e. The van der Waals surface area contributed by atoms with Gasteiger partial charge in [-0.3, -0.25) is 0 Å². The van der Waals surface area contributed by atoms with Crippen molar-refractivity contribution in [1.82, 2.24) is 20.2 Å². The summed E-state index contributed by atoms with van der Waals surface area (Å²) < 4.78 is 5.96. The lowest BCUT2D eigenvalue weighted by molar-refractivity contribution is 0.0558. The molecule has 1 aromatic carbocycles. The summed E-state index contributed by atoms with van der Waals surface area (Å²) in [6, 6.07) is 8.65. The van der Waals surface area contributed by atoms with Crippen molar-refractivity contribution in [2.45, 2.75) is 57.2 Å². The van der Waals surface area contributed by atoms with Crippen LogP contribution in [0.2, 0.25) is 0 Å². The first-order valence-corrected chi connectivity index (χ1v) is 10.5. The van der Waals surface area contributed by atoms with Crippen molar-refractivity contribution in [3.05, 3.63) is 48.0 Å². The van der Waals surface area contributed by atoms with Crippen LogP contribution in [0.25, 0.3) is 0 Å². The first kappa shape index (κ1) is 20.8. The second-order valence-corrected chi connectivity index (χ2v) is 7.81. The number of imidazole rings is 1. The van der Waals surface area contributed by atoms with E-state index in [1.807, 2.05) is 24.4 Å². The van der Waals surface area contributed by atoms with Crippen molar-refractivity contribution < 1.29 is 9.84 Å². The number of aliphatic hydroxyl groups excluding tert-OH is 1. The van der Waals surface area contributed by atoms with E-state index in [0.29, 0.717) is 19.2 Å². The Balaban J connectivity index is 1.40. The van der Waals surface area contributed by atoms with Crippen LogP contribution in [-0.4, -0.2) is 58.9 Å². The van der Waals surface area contributed by atoms with Gasteiger partial charge < -0.3 is 25.0 Å². The number of aromatic nitrogens is 2. The predicted molar refractivity (Wildman–Crippen MR) is 111 cm³/mol. The number of aromatic amines is 1. The molecule has 6 nitrogen and oxygen atoms in total. The van der Waals surface area contributed by atoms with Crippen LogP contribution in [0, 0.1) is 0 Å². The third-order valence-corrected chi connectivity index (χ3v) is 5.54. The summed E-state index contributed by atoms with van der Waals surface area (Å²) in [5.74, 6) is 0.843. The summed E-state index contributed by atoms with van der Waals surface area (Å²) in [6.45, 7) is 2.59. The van der Waals surface area contributed by atoms with Gasteiger partial charge in [-0.15, -0.1) is 0 Å². The summed E-state index contributed by atoms with van der Waals surface area (Å²) >= 11 is 0. The highest BCUT2D eigenvalue weighted by Crippen LogP contribution is 2.22. The molecule has 0 saturated heterocycles. The van der Waals surface area contributed by atoms with Crippen LogP contribution < -0.4 is 10.1 Å². The van der Waals surface area contributed by atoms with E-state index in [0.717, 1.165) is 36.5 Å². The molecule has 1 saturated carbocycles. The Morgan fingerprint density at radius 2 is 2.11 bits per heavy atom. The second kappa shape index (κ2) is 11.2. The second-order valence-electron chi connectivity index (χ2n) is 7.81. The number of nitrogens with one attached hydrogen (secondary N) is 2. The van der Waals surface area contributed by atoms with Crippen LogP contribution in [0.15, 0.2) is 36.8 Å². The number of likely N-dealkylation sites (N-methyl/N-ethyl adjacent to an activating group) is 1. The number of hydrogen-bond acceptors (Lipinski definition) is 5. The zero-order chi connectivity index (χ0) is 19.6. The topological polar surface area (TPSA) is 73.4 Å². The monoisotopic (exact) mass is 386 g/mol. The molecule has 0 radical (unpaired) electrons. The average Bonchev–Trinajstić information content (AvgIpc) is 3.24. The third kappa shape index (κ3) is 6.62. The maximum absolute atomic E-state index is 10.4. The number of rotatable bonds is 11. The Morgan fingerprint density at radius 1 is 1.29 bits per heavy atom. The van der Waals surface area contributed by atoms with Gasteiger partial charge in [0.05, 0.1) is 6.33 Å². The normalized spacial score (nSPS) is 16.4. The van der Waals surface area contributed by atoms with Gasteiger partial charge >= 0.3 is 0 Å². The fourth-order valence-corrected chi connectivity index (χ4v) is 3.90. The lowest BCUT2D eigenvalue weighted by Gasteiger charge is -2.32. The quantitative estimate of drug-likeness (QED) is 0.518. The molecule has 1 atom stereocenters. The van der Waals surface area contributed by atoms with Crippen LogP contribution in [0.1, 0.15) is 43.4 Å². The molecule has 1 fully saturated rings. The highest BCUT2D eigenvalue weighted by atomic mass is 16.5. The smallest absolute Gasteiger partial charge is 0.123 e. The van der Waals surface area contributed by atoms with Crippen molar-refractivity contribution in [1.29, 1.82) is 0 Å². The molecular weight excluding hydrogens is 352 g/mol. The van der Waals surface area contributed by atoms with Crippen molar-refractivity contribution in [3.8, 4) is 5.75 Å². The van der Waals surface area contributed by atoms with Crippen molar-refractivity contribution >= 4 is 0 Å². The maximum Gasteiger partial charge on any atom is 0.123 e. The maximum atomic E-state index is 10.4. The van der Waals surface area contributed by atoms with Crippen molar-refractivity contribution in [3.63, 3.8) is 0 Å². The number of H-pyrrole nitrogens is 1. The number of nitrogens with zero attached hydrogens (tertiary/aromatic N) is 2. The van der Waals surface area contributed by atoms with Crippen LogP contribution in [-0.2, 0) is 13.0 Å². The van der Waals surface area contributed by atoms with Crippen molar-refractivity contribution in [2.24, 2.45) is 0 Å². The minimum absolute atomic E-state index is 0.322. The van der Waals surface area contributed by atoms with E-state index in [-0.39, 0.29) is 0 Å². The van der Waals surface area contributed by atoms with Gasteiger partial charge in [-0.1, -0.05) is 37.5 Å². The summed E-state index contributed by atoms with van der Waals surface area (Å²) in [4.78, 5) is 9.45. The molecule has 0 bridgehead atoms. The van der Waals surface area contributed by atoms with Crippen LogP contribution >= 0.6 is 0 Å². The number of para-hydroxylation sites is 1. The van der Waals surface area contributed by atoms with Crippen LogP contribution in [0.5, 0.6) is 5.75 Å². The lowest BCUT2D eigenvalue weighted by Crippen LogP contribution is -2.40. The fraction of sp³-hybridized carbons (Fsp3) is 0.591. The third-order valence-electron chi connectivity index (χ3n) is 5.54. The summed E-state index contributed by atoms with van der Waals surface area (Å²) in [5.41, 5.74) is 2.24. The SMILES string of the molecule is CN(CC(O)COc1ccccc1CNCCc1cnc[nH]1)C1CCCCC1. The Bertz CT molecular complexity index is 671. The van der Waals surface area contributed by atoms with E-state index in [1.165, 1.54) is 32.1 Å². The molecule has 1 unspecified atom stereocenters. The van der Waals surface area contributed by atoms with Gasteiger partial charge in [0.15, 0.2) is 0 Å². The number of aliphatic hydroxyl groups is 1. The number of ether oxygens (including phenoxy) is 1. The number of benzene rings is 1. The van der Waals surface area contributed by atoms with E-state index >= 15 is 0 Å². The van der Waals surface area contributed by atoms with Gasteiger partial charge in [-0.05, 0) is 26.0 Å². The standard InChI is InChI=1S/C22H34N4O2/c1-26(20-8-3-2-4-9-20)15-21(27)16-28-22-10-6-5-7-18(22)13-23-12-11-19-14-24-17-25-19/h5-7,10,14,17,20-21,23,27H,2-4,8-9,11-13,15-16H2,1H3,(H,24,25). The first-order chi connectivity index (χ1) is 13.7. The van der Waals surface area contributed by atoms with Gasteiger partial charge in [0.1, 0.15) is 18.5 Å². The Labute approximate surface area is 168 Å². The summed E-state index contributed by atoms with van der Waals surface area (Å²) in [5, 5.41) is 13.9. The molecule has 0 spiro atoms. The van der Waals surface area contributed by atoms with E-state index in [2.05, 4.69) is 33.3 Å². The minimum atomic E-state index is -0.478. The molecule has 28 heavy (non-hydrogen) atoms. The Morgan fingerprint density at radius 3 is 2.89 bits per heavy atom. The van der Waals surface area contributed by atoms with Crippen molar-refractivity contribution in [2.75, 3.05) is 26.7 Å². The van der Waals surface area contributed by atoms with Crippen LogP contribution in [0.4, 0.5) is 0 Å². The molecule has 1 aliphatic carbocycles. The molecular formula is C22H34N4O2. The molecule has 3 rings (SSSR count). The number of hydrogen-bond donors (Lipinski definition) is 3. The fourth-order valence-electron chi connectivity index (χ4n) is 3.90. The van der Waals surface area contributed by atoms with E-state index in [1.54, 1.807) is 6.33 Å². The Kier molecular flexibility index (Phi) is 8.33. The highest BCUT2D eigenvalue weighted by molar-refractivity contribution is 5.33. The highest BCUT2D eigenvalue weighted by Gasteiger charge is 2.20. The molecule has 1 heterocycles. The average molecular weight is 387 g/mol. The Hall–Kier alpha value is -1.89. The van der Waals surface area contributed by atoms with Crippen LogP contribution in [0.3, 0.4) is 0 Å². The predicted octanol–water partition coefficient (Wildman–Crippen LogP) is 2.75. The summed E-state index contributed by atoms with van der Waals surface area (Å²) in [7, 11) is 2.12. The molecule has 2 aromatic rings. The molecule has 1 aliphatic rings. The van der Waals surface area contributed by atoms with Gasteiger partial charge in [-0.2, -0.15) is 0 Å². The molecule has 3 N–H and O–H groups in total.